The lowest BCUT2D eigenvalue weighted by Crippen LogP contribution is -2.14. The van der Waals surface area contributed by atoms with Crippen molar-refractivity contribution in [2.24, 2.45) is 0 Å². The minimum absolute atomic E-state index is 0.0316. The highest BCUT2D eigenvalue weighted by atomic mass is 32.1. The quantitative estimate of drug-likeness (QED) is 0.855. The van der Waals surface area contributed by atoms with Crippen LogP contribution in [0.1, 0.15) is 20.0 Å². The van der Waals surface area contributed by atoms with E-state index in [-0.39, 0.29) is 11.3 Å². The van der Waals surface area contributed by atoms with E-state index in [1.54, 1.807) is 0 Å². The van der Waals surface area contributed by atoms with E-state index in [0.717, 1.165) is 11.3 Å². The average Bonchev–Trinajstić information content (AvgIpc) is 2.94. The van der Waals surface area contributed by atoms with Gasteiger partial charge in [-0.1, -0.05) is 12.1 Å². The van der Waals surface area contributed by atoms with E-state index in [1.807, 2.05) is 0 Å². The SMILES string of the molecule is COC(=O)c1ccc(NC(=O)c2ccccc2OC(F)F)s1. The smallest absolute Gasteiger partial charge is 0.387 e. The van der Waals surface area contributed by atoms with Gasteiger partial charge in [0.05, 0.1) is 17.7 Å². The summed E-state index contributed by atoms with van der Waals surface area (Å²) >= 11 is 1.01. The minimum atomic E-state index is -3.03. The number of ether oxygens (including phenoxy) is 2. The van der Waals surface area contributed by atoms with Gasteiger partial charge in [0.25, 0.3) is 5.91 Å². The zero-order chi connectivity index (χ0) is 16.1. The third-order valence-electron chi connectivity index (χ3n) is 2.58. The minimum Gasteiger partial charge on any atom is -0.465 e. The number of carbonyl (C=O) groups is 2. The molecule has 0 aliphatic rings. The summed E-state index contributed by atoms with van der Waals surface area (Å²) in [6.07, 6.45) is 0. The standard InChI is InChI=1S/C14H11F2NO4S/c1-20-13(19)10-6-7-11(22-10)17-12(18)8-4-2-3-5-9(8)21-14(15)16/h2-7,14H,1H3,(H,17,18). The molecule has 0 aliphatic carbocycles. The number of carbonyl (C=O) groups excluding carboxylic acids is 2. The Morgan fingerprint density at radius 1 is 1.18 bits per heavy atom. The molecular formula is C14H11F2NO4S. The molecular weight excluding hydrogens is 316 g/mol. The molecule has 1 heterocycles. The van der Waals surface area contributed by atoms with Gasteiger partial charge in [0, 0.05) is 0 Å². The molecule has 0 saturated carbocycles. The van der Waals surface area contributed by atoms with E-state index < -0.39 is 18.5 Å². The van der Waals surface area contributed by atoms with Crippen LogP contribution in [0.2, 0.25) is 0 Å². The molecule has 0 aliphatic heterocycles. The Kier molecular flexibility index (Phi) is 5.05. The van der Waals surface area contributed by atoms with Gasteiger partial charge in [-0.25, -0.2) is 4.79 Å². The Labute approximate surface area is 128 Å². The van der Waals surface area contributed by atoms with Crippen LogP contribution in [0.5, 0.6) is 5.75 Å². The van der Waals surface area contributed by atoms with Crippen LogP contribution in [0.25, 0.3) is 0 Å². The number of rotatable bonds is 5. The second-order valence-electron chi connectivity index (χ2n) is 3.98. The molecule has 5 nitrogen and oxygen atoms in total. The fourth-order valence-corrected chi connectivity index (χ4v) is 2.47. The van der Waals surface area contributed by atoms with Gasteiger partial charge in [-0.15, -0.1) is 11.3 Å². The molecule has 1 aromatic carbocycles. The van der Waals surface area contributed by atoms with Crippen molar-refractivity contribution >= 4 is 28.2 Å². The molecule has 0 spiro atoms. The second-order valence-corrected chi connectivity index (χ2v) is 5.07. The lowest BCUT2D eigenvalue weighted by Gasteiger charge is -2.09. The van der Waals surface area contributed by atoms with Crippen molar-refractivity contribution < 1.29 is 27.8 Å². The Morgan fingerprint density at radius 2 is 1.91 bits per heavy atom. The fourth-order valence-electron chi connectivity index (χ4n) is 1.65. The molecule has 0 unspecified atom stereocenters. The maximum atomic E-state index is 12.3. The second kappa shape index (κ2) is 6.99. The number of amides is 1. The largest absolute Gasteiger partial charge is 0.465 e. The molecule has 2 rings (SSSR count). The number of alkyl halides is 2. The first-order chi connectivity index (χ1) is 10.5. The molecule has 1 amide bonds. The summed E-state index contributed by atoms with van der Waals surface area (Å²) in [4.78, 5) is 23.8. The van der Waals surface area contributed by atoms with Gasteiger partial charge in [0.15, 0.2) is 0 Å². The molecule has 0 saturated heterocycles. The number of anilines is 1. The number of para-hydroxylation sites is 1. The summed E-state index contributed by atoms with van der Waals surface area (Å²) in [5, 5.41) is 2.90. The van der Waals surface area contributed by atoms with Crippen molar-refractivity contribution in [1.82, 2.24) is 0 Å². The maximum Gasteiger partial charge on any atom is 0.387 e. The predicted octanol–water partition coefficient (Wildman–Crippen LogP) is 3.39. The molecule has 0 atom stereocenters. The number of hydrogen-bond acceptors (Lipinski definition) is 5. The van der Waals surface area contributed by atoms with Gasteiger partial charge >= 0.3 is 12.6 Å². The Morgan fingerprint density at radius 3 is 2.59 bits per heavy atom. The summed E-state index contributed by atoms with van der Waals surface area (Å²) in [7, 11) is 1.25. The number of thiophene rings is 1. The summed E-state index contributed by atoms with van der Waals surface area (Å²) in [6.45, 7) is -3.03. The zero-order valence-corrected chi connectivity index (χ0v) is 12.2. The van der Waals surface area contributed by atoms with E-state index in [1.165, 1.54) is 43.5 Å². The normalized spacial score (nSPS) is 10.4. The van der Waals surface area contributed by atoms with Crippen LogP contribution in [-0.4, -0.2) is 25.6 Å². The Bertz CT molecular complexity index is 687. The van der Waals surface area contributed by atoms with Crippen molar-refractivity contribution in [3.63, 3.8) is 0 Å². The predicted molar refractivity (Wildman–Crippen MR) is 76.7 cm³/mol. The number of halogens is 2. The van der Waals surface area contributed by atoms with Crippen molar-refractivity contribution in [3.8, 4) is 5.75 Å². The van der Waals surface area contributed by atoms with Gasteiger partial charge in [0.2, 0.25) is 0 Å². The number of esters is 1. The van der Waals surface area contributed by atoms with Crippen LogP contribution < -0.4 is 10.1 Å². The highest BCUT2D eigenvalue weighted by Crippen LogP contribution is 2.25. The molecule has 22 heavy (non-hydrogen) atoms. The van der Waals surface area contributed by atoms with E-state index in [0.29, 0.717) is 9.88 Å². The molecule has 0 bridgehead atoms. The summed E-state index contributed by atoms with van der Waals surface area (Å²) in [6, 6.07) is 8.66. The molecule has 116 valence electrons. The molecule has 0 fully saturated rings. The molecule has 1 N–H and O–H groups in total. The Hall–Kier alpha value is -2.48. The van der Waals surface area contributed by atoms with Crippen molar-refractivity contribution in [2.45, 2.75) is 6.61 Å². The fraction of sp³-hybridized carbons (Fsp3) is 0.143. The van der Waals surface area contributed by atoms with Crippen LogP contribution in [0, 0.1) is 0 Å². The number of nitrogens with one attached hydrogen (secondary N) is 1. The number of hydrogen-bond donors (Lipinski definition) is 1. The van der Waals surface area contributed by atoms with Crippen LogP contribution in [-0.2, 0) is 4.74 Å². The van der Waals surface area contributed by atoms with E-state index in [4.69, 9.17) is 0 Å². The topological polar surface area (TPSA) is 64.6 Å². The van der Waals surface area contributed by atoms with Gasteiger partial charge in [-0.3, -0.25) is 4.79 Å². The van der Waals surface area contributed by atoms with Gasteiger partial charge < -0.3 is 14.8 Å². The van der Waals surface area contributed by atoms with Crippen molar-refractivity contribution in [1.29, 1.82) is 0 Å². The maximum absolute atomic E-state index is 12.3. The van der Waals surface area contributed by atoms with E-state index in [9.17, 15) is 18.4 Å². The van der Waals surface area contributed by atoms with Gasteiger partial charge in [0.1, 0.15) is 10.6 Å². The van der Waals surface area contributed by atoms with Crippen molar-refractivity contribution in [3.05, 3.63) is 46.8 Å². The zero-order valence-electron chi connectivity index (χ0n) is 11.3. The Balaban J connectivity index is 2.15. The summed E-state index contributed by atoms with van der Waals surface area (Å²) < 4.78 is 33.5. The number of methoxy groups -OCH3 is 1. The van der Waals surface area contributed by atoms with E-state index >= 15 is 0 Å². The summed E-state index contributed by atoms with van der Waals surface area (Å²) in [5.41, 5.74) is -0.0316. The van der Waals surface area contributed by atoms with Gasteiger partial charge in [-0.05, 0) is 24.3 Å². The third-order valence-corrected chi connectivity index (χ3v) is 3.56. The monoisotopic (exact) mass is 327 g/mol. The molecule has 2 aromatic rings. The molecule has 1 aromatic heterocycles. The van der Waals surface area contributed by atoms with Crippen LogP contribution in [0.4, 0.5) is 13.8 Å². The van der Waals surface area contributed by atoms with Crippen molar-refractivity contribution in [2.75, 3.05) is 12.4 Å². The lowest BCUT2D eigenvalue weighted by molar-refractivity contribution is -0.0501. The first-order valence-electron chi connectivity index (χ1n) is 6.04. The summed E-state index contributed by atoms with van der Waals surface area (Å²) in [5.74, 6) is -1.36. The third kappa shape index (κ3) is 3.79. The average molecular weight is 327 g/mol. The first-order valence-corrected chi connectivity index (χ1v) is 6.86. The molecule has 0 radical (unpaired) electrons. The van der Waals surface area contributed by atoms with Gasteiger partial charge in [-0.2, -0.15) is 8.78 Å². The van der Waals surface area contributed by atoms with Crippen LogP contribution in [0.3, 0.4) is 0 Å². The number of benzene rings is 1. The van der Waals surface area contributed by atoms with Crippen LogP contribution >= 0.6 is 11.3 Å². The van der Waals surface area contributed by atoms with Crippen LogP contribution in [0.15, 0.2) is 36.4 Å². The van der Waals surface area contributed by atoms with E-state index in [2.05, 4.69) is 14.8 Å². The highest BCUT2D eigenvalue weighted by Gasteiger charge is 2.17. The highest BCUT2D eigenvalue weighted by molar-refractivity contribution is 7.18. The lowest BCUT2D eigenvalue weighted by atomic mass is 10.2. The molecule has 8 heteroatoms. The first kappa shape index (κ1) is 15.9.